The fraction of sp³-hybridized carbons (Fsp3) is 0.308. The number of hydrogen-bond acceptors (Lipinski definition) is 5. The lowest BCUT2D eigenvalue weighted by Gasteiger charge is -2.07. The Kier molecular flexibility index (Phi) is 3.72. The van der Waals surface area contributed by atoms with Gasteiger partial charge in [0, 0.05) is 17.7 Å². The Morgan fingerprint density at radius 1 is 1.39 bits per heavy atom. The fourth-order valence-corrected chi connectivity index (χ4v) is 1.62. The predicted octanol–water partition coefficient (Wildman–Crippen LogP) is 2.45. The van der Waals surface area contributed by atoms with E-state index in [0.29, 0.717) is 23.8 Å². The van der Waals surface area contributed by atoms with Crippen molar-refractivity contribution in [3.63, 3.8) is 0 Å². The van der Waals surface area contributed by atoms with E-state index in [0.717, 1.165) is 12.1 Å². The number of ketones is 1. The Balaban J connectivity index is 2.08. The van der Waals surface area contributed by atoms with Gasteiger partial charge in [0.2, 0.25) is 5.89 Å². The molecule has 0 fully saturated rings. The van der Waals surface area contributed by atoms with Crippen LogP contribution >= 0.6 is 0 Å². The second-order valence-corrected chi connectivity index (χ2v) is 3.91. The van der Waals surface area contributed by atoms with Crippen molar-refractivity contribution in [3.05, 3.63) is 41.5 Å². The number of hydrogen-bond donors (Lipinski definition) is 1. The summed E-state index contributed by atoms with van der Waals surface area (Å²) in [4.78, 5) is 15.6. The van der Waals surface area contributed by atoms with Crippen LogP contribution in [0.3, 0.4) is 0 Å². The maximum atomic E-state index is 11.4. The largest absolute Gasteiger partial charge is 0.376 e. The van der Waals surface area contributed by atoms with Gasteiger partial charge in [0.25, 0.3) is 0 Å². The van der Waals surface area contributed by atoms with E-state index in [4.69, 9.17) is 4.52 Å². The summed E-state index contributed by atoms with van der Waals surface area (Å²) in [6, 6.07) is 7.35. The molecule has 2 aromatic rings. The number of aryl methyl sites for hydroxylation is 1. The first kappa shape index (κ1) is 12.3. The molecule has 5 nitrogen and oxygen atoms in total. The van der Waals surface area contributed by atoms with Crippen LogP contribution in [0, 0.1) is 0 Å². The molecule has 0 aliphatic heterocycles. The summed E-state index contributed by atoms with van der Waals surface area (Å²) in [6.45, 7) is 3.92. The van der Waals surface area contributed by atoms with Crippen molar-refractivity contribution in [2.75, 3.05) is 5.32 Å². The van der Waals surface area contributed by atoms with E-state index in [1.54, 1.807) is 13.0 Å². The van der Waals surface area contributed by atoms with Crippen LogP contribution in [-0.4, -0.2) is 15.9 Å². The van der Waals surface area contributed by atoms with Gasteiger partial charge >= 0.3 is 0 Å². The Labute approximate surface area is 105 Å². The van der Waals surface area contributed by atoms with Crippen molar-refractivity contribution in [1.82, 2.24) is 10.1 Å². The number of benzene rings is 1. The van der Waals surface area contributed by atoms with Crippen molar-refractivity contribution in [2.45, 2.75) is 26.8 Å². The number of nitrogens with one attached hydrogen (secondary N) is 1. The van der Waals surface area contributed by atoms with Crippen LogP contribution in [0.1, 0.15) is 35.9 Å². The molecule has 0 unspecified atom stereocenters. The van der Waals surface area contributed by atoms with E-state index in [1.807, 2.05) is 25.1 Å². The van der Waals surface area contributed by atoms with Gasteiger partial charge in [-0.25, -0.2) is 0 Å². The molecular formula is C13H15N3O2. The van der Waals surface area contributed by atoms with Gasteiger partial charge in [0.15, 0.2) is 11.6 Å². The maximum absolute atomic E-state index is 11.4. The molecule has 0 spiro atoms. The Morgan fingerprint density at radius 2 is 2.17 bits per heavy atom. The zero-order valence-electron chi connectivity index (χ0n) is 10.4. The quantitative estimate of drug-likeness (QED) is 0.819. The van der Waals surface area contributed by atoms with Crippen molar-refractivity contribution >= 4 is 11.5 Å². The van der Waals surface area contributed by atoms with Gasteiger partial charge in [-0.2, -0.15) is 4.98 Å². The third-order valence-electron chi connectivity index (χ3n) is 2.56. The summed E-state index contributed by atoms with van der Waals surface area (Å²) in [6.07, 6.45) is 0.744. The maximum Gasteiger partial charge on any atom is 0.245 e. The van der Waals surface area contributed by atoms with E-state index >= 15 is 0 Å². The number of anilines is 1. The minimum atomic E-state index is 0.0258. The normalized spacial score (nSPS) is 10.3. The average Bonchev–Trinajstić information content (AvgIpc) is 2.84. The van der Waals surface area contributed by atoms with Gasteiger partial charge in [-0.1, -0.05) is 24.2 Å². The van der Waals surface area contributed by atoms with E-state index in [2.05, 4.69) is 15.5 Å². The molecule has 1 aromatic carbocycles. The predicted molar refractivity (Wildman–Crippen MR) is 67.4 cm³/mol. The minimum absolute atomic E-state index is 0.0258. The van der Waals surface area contributed by atoms with Gasteiger partial charge in [-0.15, -0.1) is 0 Å². The lowest BCUT2D eigenvalue weighted by molar-refractivity contribution is 0.101. The van der Waals surface area contributed by atoms with Crippen LogP contribution in [0.4, 0.5) is 5.69 Å². The van der Waals surface area contributed by atoms with Crippen molar-refractivity contribution < 1.29 is 9.32 Å². The average molecular weight is 245 g/mol. The highest BCUT2D eigenvalue weighted by Crippen LogP contribution is 2.16. The fourth-order valence-electron chi connectivity index (χ4n) is 1.62. The SMILES string of the molecule is CCc1noc(CNc2ccccc2C(C)=O)n1. The Morgan fingerprint density at radius 3 is 2.83 bits per heavy atom. The van der Waals surface area contributed by atoms with Gasteiger partial charge in [0.1, 0.15) is 0 Å². The zero-order chi connectivity index (χ0) is 13.0. The zero-order valence-corrected chi connectivity index (χ0v) is 10.4. The van der Waals surface area contributed by atoms with Crippen molar-refractivity contribution in [1.29, 1.82) is 0 Å². The molecule has 1 N–H and O–H groups in total. The van der Waals surface area contributed by atoms with Crippen LogP contribution in [0.2, 0.25) is 0 Å². The minimum Gasteiger partial charge on any atom is -0.376 e. The Bertz CT molecular complexity index is 549. The summed E-state index contributed by atoms with van der Waals surface area (Å²) in [5.41, 5.74) is 1.44. The van der Waals surface area contributed by atoms with Gasteiger partial charge in [-0.05, 0) is 19.1 Å². The summed E-state index contributed by atoms with van der Waals surface area (Å²) in [5, 5.41) is 6.94. The molecule has 0 aliphatic carbocycles. The lowest BCUT2D eigenvalue weighted by Crippen LogP contribution is -2.05. The molecule has 2 rings (SSSR count). The van der Waals surface area contributed by atoms with E-state index in [9.17, 15) is 4.79 Å². The van der Waals surface area contributed by atoms with Crippen molar-refractivity contribution in [2.24, 2.45) is 0 Å². The molecule has 0 amide bonds. The molecular weight excluding hydrogens is 230 g/mol. The van der Waals surface area contributed by atoms with Crippen LogP contribution in [-0.2, 0) is 13.0 Å². The highest BCUT2D eigenvalue weighted by atomic mass is 16.5. The lowest BCUT2D eigenvalue weighted by atomic mass is 10.1. The topological polar surface area (TPSA) is 68.0 Å². The van der Waals surface area contributed by atoms with E-state index in [-0.39, 0.29) is 5.78 Å². The molecule has 1 heterocycles. The molecule has 0 saturated heterocycles. The van der Waals surface area contributed by atoms with Gasteiger partial charge < -0.3 is 9.84 Å². The number of rotatable bonds is 5. The molecule has 18 heavy (non-hydrogen) atoms. The third kappa shape index (κ3) is 2.74. The first-order valence-corrected chi connectivity index (χ1v) is 5.86. The molecule has 0 aliphatic rings. The monoisotopic (exact) mass is 245 g/mol. The van der Waals surface area contributed by atoms with E-state index < -0.39 is 0 Å². The summed E-state index contributed by atoms with van der Waals surface area (Å²) < 4.78 is 5.07. The third-order valence-corrected chi connectivity index (χ3v) is 2.56. The molecule has 94 valence electrons. The summed E-state index contributed by atoms with van der Waals surface area (Å²) in [7, 11) is 0. The molecule has 0 bridgehead atoms. The molecule has 0 radical (unpaired) electrons. The van der Waals surface area contributed by atoms with Crippen molar-refractivity contribution in [3.8, 4) is 0 Å². The second kappa shape index (κ2) is 5.44. The van der Waals surface area contributed by atoms with Gasteiger partial charge in [-0.3, -0.25) is 4.79 Å². The smallest absolute Gasteiger partial charge is 0.245 e. The standard InChI is InChI=1S/C13H15N3O2/c1-3-12-15-13(18-16-12)8-14-11-7-5-4-6-10(11)9(2)17/h4-7,14H,3,8H2,1-2H3. The molecule has 0 atom stereocenters. The number of carbonyl (C=O) groups is 1. The number of carbonyl (C=O) groups excluding carboxylic acids is 1. The number of nitrogens with zero attached hydrogens (tertiary/aromatic N) is 2. The molecule has 0 saturated carbocycles. The number of aromatic nitrogens is 2. The van der Waals surface area contributed by atoms with Crippen LogP contribution in [0.5, 0.6) is 0 Å². The van der Waals surface area contributed by atoms with Crippen LogP contribution in [0.15, 0.2) is 28.8 Å². The summed E-state index contributed by atoms with van der Waals surface area (Å²) >= 11 is 0. The molecule has 1 aromatic heterocycles. The van der Waals surface area contributed by atoms with Gasteiger partial charge in [0.05, 0.1) is 6.54 Å². The summed E-state index contributed by atoms with van der Waals surface area (Å²) in [5.74, 6) is 1.23. The van der Waals surface area contributed by atoms with Crippen LogP contribution in [0.25, 0.3) is 0 Å². The first-order valence-electron chi connectivity index (χ1n) is 5.86. The first-order chi connectivity index (χ1) is 8.70. The molecule has 5 heteroatoms. The number of Topliss-reactive ketones (excluding diaryl/α,β-unsaturated/α-hetero) is 1. The number of para-hydroxylation sites is 1. The van der Waals surface area contributed by atoms with Crippen LogP contribution < -0.4 is 5.32 Å². The second-order valence-electron chi connectivity index (χ2n) is 3.91. The highest BCUT2D eigenvalue weighted by molar-refractivity contribution is 5.99. The highest BCUT2D eigenvalue weighted by Gasteiger charge is 2.08. The Hall–Kier alpha value is -2.17. The van der Waals surface area contributed by atoms with E-state index in [1.165, 1.54) is 0 Å².